The average Bonchev–Trinajstić information content (AvgIpc) is 2.30. The standard InChI is InChI=1S/C9H9NO4.C2H6/c1-6-3-4-8(10(12)13)7(5-6)9(11)14-2;1-2/h3-5H,1-2H3;1-2H3. The molecule has 0 aromatic heterocycles. The van der Waals surface area contributed by atoms with Crippen LogP contribution in [0.2, 0.25) is 0 Å². The third kappa shape index (κ3) is 3.34. The Bertz CT molecular complexity index is 388. The van der Waals surface area contributed by atoms with Gasteiger partial charge in [-0.25, -0.2) is 4.79 Å². The van der Waals surface area contributed by atoms with Gasteiger partial charge in [-0.05, 0) is 18.6 Å². The fraction of sp³-hybridized carbons (Fsp3) is 0.364. The Kier molecular flexibility index (Phi) is 5.77. The summed E-state index contributed by atoms with van der Waals surface area (Å²) in [6.45, 7) is 5.75. The Morgan fingerprint density at radius 1 is 1.38 bits per heavy atom. The SMILES string of the molecule is CC.COC(=O)c1cc(C)ccc1[N+](=O)[O-]. The number of ether oxygens (including phenoxy) is 1. The Hall–Kier alpha value is -1.91. The van der Waals surface area contributed by atoms with Crippen LogP contribution in [0.25, 0.3) is 0 Å². The van der Waals surface area contributed by atoms with E-state index in [0.717, 1.165) is 5.56 Å². The van der Waals surface area contributed by atoms with Gasteiger partial charge in [0.15, 0.2) is 0 Å². The maximum atomic E-state index is 11.2. The van der Waals surface area contributed by atoms with Gasteiger partial charge in [-0.3, -0.25) is 10.1 Å². The van der Waals surface area contributed by atoms with Crippen molar-refractivity contribution in [3.63, 3.8) is 0 Å². The molecular weight excluding hydrogens is 210 g/mol. The molecule has 1 aromatic carbocycles. The number of carbonyl (C=O) groups excluding carboxylic acids is 1. The van der Waals surface area contributed by atoms with Gasteiger partial charge in [0.25, 0.3) is 5.69 Å². The lowest BCUT2D eigenvalue weighted by atomic mass is 10.1. The first-order valence-corrected chi connectivity index (χ1v) is 4.89. The van der Waals surface area contributed by atoms with Gasteiger partial charge in [0, 0.05) is 6.07 Å². The predicted molar refractivity (Wildman–Crippen MR) is 60.5 cm³/mol. The van der Waals surface area contributed by atoms with Gasteiger partial charge < -0.3 is 4.74 Å². The second-order valence-electron chi connectivity index (χ2n) is 2.77. The number of rotatable bonds is 2. The van der Waals surface area contributed by atoms with Crippen molar-refractivity contribution in [2.24, 2.45) is 0 Å². The lowest BCUT2D eigenvalue weighted by molar-refractivity contribution is -0.385. The van der Waals surface area contributed by atoms with E-state index in [1.807, 2.05) is 13.8 Å². The highest BCUT2D eigenvalue weighted by Crippen LogP contribution is 2.20. The van der Waals surface area contributed by atoms with Crippen LogP contribution in [0.3, 0.4) is 0 Å². The highest BCUT2D eigenvalue weighted by Gasteiger charge is 2.20. The molecule has 0 saturated heterocycles. The summed E-state index contributed by atoms with van der Waals surface area (Å²) in [6, 6.07) is 4.30. The van der Waals surface area contributed by atoms with Crippen molar-refractivity contribution in [3.8, 4) is 0 Å². The molecule has 0 fully saturated rings. The van der Waals surface area contributed by atoms with Crippen molar-refractivity contribution in [1.82, 2.24) is 0 Å². The second-order valence-corrected chi connectivity index (χ2v) is 2.77. The second kappa shape index (κ2) is 6.55. The largest absolute Gasteiger partial charge is 0.465 e. The normalized spacial score (nSPS) is 8.75. The quantitative estimate of drug-likeness (QED) is 0.441. The van der Waals surface area contributed by atoms with Crippen LogP contribution < -0.4 is 0 Å². The molecule has 0 saturated carbocycles. The zero-order valence-corrected chi connectivity index (χ0v) is 9.81. The lowest BCUT2D eigenvalue weighted by Gasteiger charge is -2.01. The van der Waals surface area contributed by atoms with Crippen LogP contribution in [-0.2, 0) is 4.74 Å². The summed E-state index contributed by atoms with van der Waals surface area (Å²) >= 11 is 0. The Balaban J connectivity index is 0.00000106. The smallest absolute Gasteiger partial charge is 0.344 e. The Morgan fingerprint density at radius 3 is 2.38 bits per heavy atom. The van der Waals surface area contributed by atoms with Crippen molar-refractivity contribution < 1.29 is 14.5 Å². The molecule has 5 heteroatoms. The summed E-state index contributed by atoms with van der Waals surface area (Å²) in [5.41, 5.74) is 0.524. The Labute approximate surface area is 94.2 Å². The molecule has 0 atom stereocenters. The minimum absolute atomic E-state index is 0.0162. The van der Waals surface area contributed by atoms with E-state index in [0.29, 0.717) is 0 Å². The maximum Gasteiger partial charge on any atom is 0.344 e. The summed E-state index contributed by atoms with van der Waals surface area (Å²) in [7, 11) is 1.19. The van der Waals surface area contributed by atoms with E-state index in [1.54, 1.807) is 13.0 Å². The average molecular weight is 225 g/mol. The van der Waals surface area contributed by atoms with Gasteiger partial charge in [-0.15, -0.1) is 0 Å². The van der Waals surface area contributed by atoms with E-state index in [1.165, 1.54) is 19.2 Å². The number of aryl methyl sites for hydroxylation is 1. The zero-order chi connectivity index (χ0) is 12.7. The fourth-order valence-electron chi connectivity index (χ4n) is 1.08. The molecule has 0 radical (unpaired) electrons. The minimum atomic E-state index is -0.694. The van der Waals surface area contributed by atoms with Crippen LogP contribution in [0, 0.1) is 17.0 Å². The maximum absolute atomic E-state index is 11.2. The third-order valence-corrected chi connectivity index (χ3v) is 1.75. The molecule has 16 heavy (non-hydrogen) atoms. The summed E-state index contributed by atoms with van der Waals surface area (Å²) < 4.78 is 4.44. The summed E-state index contributed by atoms with van der Waals surface area (Å²) in [5, 5.41) is 10.6. The van der Waals surface area contributed by atoms with Crippen molar-refractivity contribution in [2.75, 3.05) is 7.11 Å². The van der Waals surface area contributed by atoms with E-state index in [9.17, 15) is 14.9 Å². The van der Waals surface area contributed by atoms with Crippen LogP contribution in [-0.4, -0.2) is 18.0 Å². The lowest BCUT2D eigenvalue weighted by Crippen LogP contribution is -2.05. The summed E-state index contributed by atoms with van der Waals surface area (Å²) in [4.78, 5) is 21.1. The molecule has 0 heterocycles. The number of carbonyl (C=O) groups is 1. The number of nitro benzene ring substituents is 1. The topological polar surface area (TPSA) is 69.4 Å². The number of benzene rings is 1. The van der Waals surface area contributed by atoms with Gasteiger partial charge in [0.2, 0.25) is 0 Å². The number of esters is 1. The number of nitrogens with zero attached hydrogens (tertiary/aromatic N) is 1. The molecule has 0 N–H and O–H groups in total. The fourth-order valence-corrected chi connectivity index (χ4v) is 1.08. The Morgan fingerprint density at radius 2 is 1.94 bits per heavy atom. The molecule has 0 aliphatic carbocycles. The van der Waals surface area contributed by atoms with Crippen LogP contribution in [0.5, 0.6) is 0 Å². The van der Waals surface area contributed by atoms with Crippen LogP contribution in [0.15, 0.2) is 18.2 Å². The van der Waals surface area contributed by atoms with Crippen LogP contribution in [0.1, 0.15) is 29.8 Å². The molecule has 88 valence electrons. The molecule has 0 bridgehead atoms. The molecule has 0 aliphatic heterocycles. The van der Waals surface area contributed by atoms with Crippen LogP contribution in [0.4, 0.5) is 5.69 Å². The molecule has 5 nitrogen and oxygen atoms in total. The van der Waals surface area contributed by atoms with E-state index in [-0.39, 0.29) is 11.3 Å². The van der Waals surface area contributed by atoms with E-state index in [4.69, 9.17) is 0 Å². The monoisotopic (exact) mass is 225 g/mol. The van der Waals surface area contributed by atoms with Crippen molar-refractivity contribution in [3.05, 3.63) is 39.4 Å². The molecular formula is C11H15NO4. The predicted octanol–water partition coefficient (Wildman–Crippen LogP) is 2.72. The van der Waals surface area contributed by atoms with Crippen LogP contribution >= 0.6 is 0 Å². The summed E-state index contributed by atoms with van der Waals surface area (Å²) in [6.07, 6.45) is 0. The first kappa shape index (κ1) is 14.1. The van der Waals surface area contributed by atoms with Gasteiger partial charge in [0.1, 0.15) is 5.56 Å². The van der Waals surface area contributed by atoms with Gasteiger partial charge in [0.05, 0.1) is 12.0 Å². The zero-order valence-electron chi connectivity index (χ0n) is 9.81. The molecule has 0 unspecified atom stereocenters. The number of hydrogen-bond acceptors (Lipinski definition) is 4. The van der Waals surface area contributed by atoms with Crippen molar-refractivity contribution in [1.29, 1.82) is 0 Å². The molecule has 0 aliphatic rings. The number of nitro groups is 1. The van der Waals surface area contributed by atoms with Gasteiger partial charge in [-0.1, -0.05) is 19.9 Å². The van der Waals surface area contributed by atoms with E-state index in [2.05, 4.69) is 4.74 Å². The highest BCUT2D eigenvalue weighted by atomic mass is 16.6. The van der Waals surface area contributed by atoms with Gasteiger partial charge in [-0.2, -0.15) is 0 Å². The molecule has 0 spiro atoms. The van der Waals surface area contributed by atoms with Crippen molar-refractivity contribution in [2.45, 2.75) is 20.8 Å². The summed E-state index contributed by atoms with van der Waals surface area (Å²) in [5.74, 6) is -0.694. The first-order valence-electron chi connectivity index (χ1n) is 4.89. The van der Waals surface area contributed by atoms with Gasteiger partial charge >= 0.3 is 5.97 Å². The van der Waals surface area contributed by atoms with E-state index >= 15 is 0 Å². The third-order valence-electron chi connectivity index (χ3n) is 1.75. The van der Waals surface area contributed by atoms with E-state index < -0.39 is 10.9 Å². The first-order chi connectivity index (χ1) is 7.56. The highest BCUT2D eigenvalue weighted by molar-refractivity contribution is 5.94. The number of methoxy groups -OCH3 is 1. The molecule has 1 aromatic rings. The molecule has 1 rings (SSSR count). The van der Waals surface area contributed by atoms with Crippen molar-refractivity contribution >= 4 is 11.7 Å². The minimum Gasteiger partial charge on any atom is -0.465 e. The molecule has 0 amide bonds. The number of hydrogen-bond donors (Lipinski definition) is 0.